The van der Waals surface area contributed by atoms with Crippen LogP contribution >= 0.6 is 11.6 Å². The second-order valence-electron chi connectivity index (χ2n) is 4.72. The van der Waals surface area contributed by atoms with Gasteiger partial charge in [-0.2, -0.15) is 0 Å². The van der Waals surface area contributed by atoms with Gasteiger partial charge in [0.05, 0.1) is 10.7 Å². The summed E-state index contributed by atoms with van der Waals surface area (Å²) in [6, 6.07) is 2.33. The van der Waals surface area contributed by atoms with E-state index in [2.05, 4.69) is 10.6 Å². The van der Waals surface area contributed by atoms with Crippen LogP contribution in [0.3, 0.4) is 0 Å². The van der Waals surface area contributed by atoms with Crippen LogP contribution in [-0.4, -0.2) is 23.1 Å². The number of carboxylic acid groups (broad SMARTS) is 1. The molecule has 7 heteroatoms. The van der Waals surface area contributed by atoms with Crippen LogP contribution in [0, 0.1) is 11.7 Å². The minimum Gasteiger partial charge on any atom is -0.480 e. The van der Waals surface area contributed by atoms with Gasteiger partial charge >= 0.3 is 12.0 Å². The number of rotatable bonds is 5. The maximum atomic E-state index is 13.6. The average molecular weight is 303 g/mol. The number of hydrogen-bond donors (Lipinski definition) is 3. The van der Waals surface area contributed by atoms with Gasteiger partial charge in [-0.1, -0.05) is 31.5 Å². The van der Waals surface area contributed by atoms with Gasteiger partial charge in [0.25, 0.3) is 0 Å². The number of aliphatic carboxylic acids is 1. The van der Waals surface area contributed by atoms with Crippen molar-refractivity contribution in [3.05, 3.63) is 29.0 Å². The smallest absolute Gasteiger partial charge is 0.326 e. The number of nitrogens with one attached hydrogen (secondary N) is 2. The Labute approximate surface area is 121 Å². The second kappa shape index (κ2) is 7.09. The van der Waals surface area contributed by atoms with Gasteiger partial charge in [0, 0.05) is 0 Å². The van der Waals surface area contributed by atoms with Crippen molar-refractivity contribution < 1.29 is 19.1 Å². The summed E-state index contributed by atoms with van der Waals surface area (Å²) in [7, 11) is 0. The molecule has 2 amide bonds. The van der Waals surface area contributed by atoms with Crippen LogP contribution in [-0.2, 0) is 4.79 Å². The molecule has 1 aromatic carbocycles. The molecule has 0 aliphatic heterocycles. The first-order valence-electron chi connectivity index (χ1n) is 6.05. The van der Waals surface area contributed by atoms with Gasteiger partial charge in [-0.25, -0.2) is 14.0 Å². The fourth-order valence-corrected chi connectivity index (χ4v) is 1.78. The van der Waals surface area contributed by atoms with Gasteiger partial charge in [0.1, 0.15) is 6.04 Å². The monoisotopic (exact) mass is 302 g/mol. The number of hydrogen-bond acceptors (Lipinski definition) is 2. The SMILES string of the molecule is CC(C)CC(NC(=O)Nc1cccc(Cl)c1F)C(=O)O. The number of halogens is 2. The Balaban J connectivity index is 2.71. The zero-order chi connectivity index (χ0) is 15.3. The van der Waals surface area contributed by atoms with E-state index in [4.69, 9.17) is 16.7 Å². The van der Waals surface area contributed by atoms with E-state index in [1.165, 1.54) is 18.2 Å². The fraction of sp³-hybridized carbons (Fsp3) is 0.385. The van der Waals surface area contributed by atoms with Gasteiger partial charge in [0.15, 0.2) is 5.82 Å². The van der Waals surface area contributed by atoms with Crippen LogP contribution in [0.25, 0.3) is 0 Å². The van der Waals surface area contributed by atoms with Crippen molar-refractivity contribution in [2.45, 2.75) is 26.3 Å². The zero-order valence-electron chi connectivity index (χ0n) is 11.1. The van der Waals surface area contributed by atoms with Gasteiger partial charge in [-0.15, -0.1) is 0 Å². The third-order valence-corrected chi connectivity index (χ3v) is 2.80. The first-order chi connectivity index (χ1) is 9.31. The molecular weight excluding hydrogens is 287 g/mol. The normalized spacial score (nSPS) is 12.1. The third kappa shape index (κ3) is 4.70. The Bertz CT molecular complexity index is 508. The number of carbonyl (C=O) groups excluding carboxylic acids is 1. The van der Waals surface area contributed by atoms with Gasteiger partial charge in [-0.05, 0) is 24.5 Å². The number of anilines is 1. The molecule has 1 aromatic rings. The Morgan fingerprint density at radius 2 is 2.05 bits per heavy atom. The number of carboxylic acids is 1. The summed E-state index contributed by atoms with van der Waals surface area (Å²) in [4.78, 5) is 22.7. The second-order valence-corrected chi connectivity index (χ2v) is 5.13. The minimum atomic E-state index is -1.14. The summed E-state index contributed by atoms with van der Waals surface area (Å²) >= 11 is 5.58. The quantitative estimate of drug-likeness (QED) is 0.782. The fourth-order valence-electron chi connectivity index (χ4n) is 1.61. The molecule has 0 aliphatic carbocycles. The van der Waals surface area contributed by atoms with E-state index in [1.54, 1.807) is 0 Å². The summed E-state index contributed by atoms with van der Waals surface area (Å²) in [6.45, 7) is 3.68. The van der Waals surface area contributed by atoms with Crippen molar-refractivity contribution in [1.82, 2.24) is 5.32 Å². The molecule has 20 heavy (non-hydrogen) atoms. The Kier molecular flexibility index (Phi) is 5.76. The molecule has 3 N–H and O–H groups in total. The van der Waals surface area contributed by atoms with Crippen LogP contribution in [0.2, 0.25) is 5.02 Å². The highest BCUT2D eigenvalue weighted by molar-refractivity contribution is 6.31. The van der Waals surface area contributed by atoms with Crippen molar-refractivity contribution in [2.75, 3.05) is 5.32 Å². The molecular formula is C13H16ClFN2O3. The molecule has 0 heterocycles. The van der Waals surface area contributed by atoms with E-state index in [0.29, 0.717) is 0 Å². The van der Waals surface area contributed by atoms with Crippen molar-refractivity contribution in [1.29, 1.82) is 0 Å². The highest BCUT2D eigenvalue weighted by Gasteiger charge is 2.21. The minimum absolute atomic E-state index is 0.0966. The van der Waals surface area contributed by atoms with Gasteiger partial charge < -0.3 is 15.7 Å². The molecule has 1 atom stereocenters. The molecule has 0 aromatic heterocycles. The summed E-state index contributed by atoms with van der Waals surface area (Å²) in [5.74, 6) is -1.81. The molecule has 0 aliphatic rings. The predicted octanol–water partition coefficient (Wildman–Crippen LogP) is 3.10. The van der Waals surface area contributed by atoms with E-state index in [0.717, 1.165) is 0 Å². The van der Waals surface area contributed by atoms with Gasteiger partial charge in [0.2, 0.25) is 0 Å². The van der Waals surface area contributed by atoms with Crippen LogP contribution in [0.5, 0.6) is 0 Å². The summed E-state index contributed by atoms with van der Waals surface area (Å²) in [5.41, 5.74) is -0.108. The summed E-state index contributed by atoms with van der Waals surface area (Å²) in [6.07, 6.45) is 0.279. The van der Waals surface area contributed by atoms with Crippen LogP contribution < -0.4 is 10.6 Å². The topological polar surface area (TPSA) is 78.4 Å². The lowest BCUT2D eigenvalue weighted by Crippen LogP contribution is -2.43. The maximum Gasteiger partial charge on any atom is 0.326 e. The Morgan fingerprint density at radius 3 is 2.60 bits per heavy atom. The number of amides is 2. The zero-order valence-corrected chi connectivity index (χ0v) is 11.9. The first-order valence-corrected chi connectivity index (χ1v) is 6.43. The van der Waals surface area contributed by atoms with Gasteiger partial charge in [-0.3, -0.25) is 0 Å². The van der Waals surface area contributed by atoms with Crippen LogP contribution in [0.4, 0.5) is 14.9 Å². The first kappa shape index (κ1) is 16.2. The van der Waals surface area contributed by atoms with Crippen LogP contribution in [0.1, 0.15) is 20.3 Å². The van der Waals surface area contributed by atoms with E-state index in [1.807, 2.05) is 13.8 Å². The third-order valence-electron chi connectivity index (χ3n) is 2.51. The maximum absolute atomic E-state index is 13.6. The molecule has 0 bridgehead atoms. The number of benzene rings is 1. The lowest BCUT2D eigenvalue weighted by Gasteiger charge is -2.17. The molecule has 1 rings (SSSR count). The molecule has 0 radical (unpaired) electrons. The lowest BCUT2D eigenvalue weighted by atomic mass is 10.0. The Hall–Kier alpha value is -1.82. The molecule has 5 nitrogen and oxygen atoms in total. The predicted molar refractivity (Wildman–Crippen MR) is 74.4 cm³/mol. The Morgan fingerprint density at radius 1 is 1.40 bits per heavy atom. The highest BCUT2D eigenvalue weighted by atomic mass is 35.5. The summed E-state index contributed by atoms with van der Waals surface area (Å²) in [5, 5.41) is 13.4. The van der Waals surface area contributed by atoms with Crippen molar-refractivity contribution >= 4 is 29.3 Å². The molecule has 0 spiro atoms. The van der Waals surface area contributed by atoms with Crippen molar-refractivity contribution in [2.24, 2.45) is 5.92 Å². The molecule has 0 fully saturated rings. The molecule has 0 saturated heterocycles. The highest BCUT2D eigenvalue weighted by Crippen LogP contribution is 2.21. The van der Waals surface area contributed by atoms with E-state index < -0.39 is 23.9 Å². The van der Waals surface area contributed by atoms with E-state index in [9.17, 15) is 14.0 Å². The number of carbonyl (C=O) groups is 2. The number of urea groups is 1. The standard InChI is InChI=1S/C13H16ClFN2O3/c1-7(2)6-10(12(18)19)17-13(20)16-9-5-3-4-8(14)11(9)15/h3-5,7,10H,6H2,1-2H3,(H,18,19)(H2,16,17,20). The van der Waals surface area contributed by atoms with Crippen LogP contribution in [0.15, 0.2) is 18.2 Å². The molecule has 110 valence electrons. The largest absolute Gasteiger partial charge is 0.480 e. The van der Waals surface area contributed by atoms with E-state index >= 15 is 0 Å². The van der Waals surface area contributed by atoms with Crippen molar-refractivity contribution in [3.8, 4) is 0 Å². The molecule has 1 unspecified atom stereocenters. The van der Waals surface area contributed by atoms with E-state index in [-0.39, 0.29) is 23.0 Å². The molecule has 0 saturated carbocycles. The van der Waals surface area contributed by atoms with Crippen molar-refractivity contribution in [3.63, 3.8) is 0 Å². The summed E-state index contributed by atoms with van der Waals surface area (Å²) < 4.78 is 13.6. The average Bonchev–Trinajstić information content (AvgIpc) is 2.33. The lowest BCUT2D eigenvalue weighted by molar-refractivity contribution is -0.139.